The third kappa shape index (κ3) is 7.57. The molecular weight excluding hydrogens is 656 g/mol. The second kappa shape index (κ2) is 14.7. The van der Waals surface area contributed by atoms with Crippen molar-refractivity contribution in [1.82, 2.24) is 0 Å². The summed E-state index contributed by atoms with van der Waals surface area (Å²) in [5.74, 6) is -9.06. The van der Waals surface area contributed by atoms with E-state index in [1.54, 1.807) is 24.3 Å². The van der Waals surface area contributed by atoms with Crippen LogP contribution in [0.2, 0.25) is 0 Å². The Bertz CT molecular complexity index is 1700. The van der Waals surface area contributed by atoms with E-state index in [4.69, 9.17) is 33.5 Å². The lowest BCUT2D eigenvalue weighted by Gasteiger charge is -2.45. The minimum atomic E-state index is -1.63. The summed E-state index contributed by atoms with van der Waals surface area (Å²) in [5, 5.41) is 19.3. The van der Waals surface area contributed by atoms with E-state index in [2.05, 4.69) is 0 Å². The summed E-state index contributed by atoms with van der Waals surface area (Å²) in [6.45, 7) is 1.81. The smallest absolute Gasteiger partial charge is 0.348 e. The summed E-state index contributed by atoms with van der Waals surface area (Å²) in [6, 6.07) is 0. The van der Waals surface area contributed by atoms with Crippen LogP contribution in [-0.4, -0.2) is 63.2 Å². The highest BCUT2D eigenvalue weighted by molar-refractivity contribution is 6.16. The zero-order valence-electron chi connectivity index (χ0n) is 27.0. The van der Waals surface area contributed by atoms with Gasteiger partial charge in [0.25, 0.3) is 23.3 Å². The lowest BCUT2D eigenvalue weighted by atomic mass is 9.79. The van der Waals surface area contributed by atoms with Crippen molar-refractivity contribution in [3.8, 4) is 12.0 Å². The molecule has 0 aromatic heterocycles. The van der Waals surface area contributed by atoms with E-state index in [1.807, 2.05) is 12.8 Å². The first-order valence-electron chi connectivity index (χ1n) is 16.0. The van der Waals surface area contributed by atoms with Gasteiger partial charge < -0.3 is 38.6 Å². The van der Waals surface area contributed by atoms with E-state index in [1.165, 1.54) is 36.5 Å². The highest BCUT2D eigenvalue weighted by atomic mass is 16.8. The van der Waals surface area contributed by atoms with Gasteiger partial charge >= 0.3 is 29.8 Å². The molecule has 3 heterocycles. The van der Waals surface area contributed by atoms with Crippen LogP contribution in [0.1, 0.15) is 64.7 Å². The maximum atomic E-state index is 12.8. The molecule has 0 radical (unpaired) electrons. The maximum absolute atomic E-state index is 12.8. The van der Waals surface area contributed by atoms with Crippen LogP contribution in [0.5, 0.6) is 0 Å². The minimum absolute atomic E-state index is 0.0797. The predicted molar refractivity (Wildman–Crippen MR) is 168 cm³/mol. The Morgan fingerprint density at radius 3 is 1.76 bits per heavy atom. The van der Waals surface area contributed by atoms with Gasteiger partial charge in [0.1, 0.15) is 22.8 Å². The summed E-state index contributed by atoms with van der Waals surface area (Å²) in [5.41, 5.74) is -0.979. The minimum Gasteiger partial charge on any atom is -0.480 e. The third-order valence-corrected chi connectivity index (χ3v) is 8.76. The van der Waals surface area contributed by atoms with E-state index >= 15 is 0 Å². The SMILES string of the molecule is C/C=C/C=C/C=C1C(=O)OC2(CCC3(CC2)OC(=O)C(=CC=CC=CC2=C(O)OC4(CCCCC4CC(=O)C#CO)OC2=O)C(=O)O3)OC1=O. The first-order chi connectivity index (χ1) is 23.9. The number of carbonyl (C=O) groups excluding carboxylic acids is 6. The van der Waals surface area contributed by atoms with Crippen LogP contribution in [-0.2, 0) is 57.2 Å². The zero-order chi connectivity index (χ0) is 35.9. The molecule has 3 spiro atoms. The molecule has 2 N–H and O–H groups in total. The first kappa shape index (κ1) is 35.5. The van der Waals surface area contributed by atoms with E-state index in [-0.39, 0.29) is 49.7 Å². The number of ketones is 1. The lowest BCUT2D eigenvalue weighted by molar-refractivity contribution is -0.291. The largest absolute Gasteiger partial charge is 0.480 e. The van der Waals surface area contributed by atoms with Crippen molar-refractivity contribution in [3.05, 3.63) is 83.4 Å². The number of ether oxygens (including phenoxy) is 6. The third-order valence-electron chi connectivity index (χ3n) is 8.76. The molecule has 14 heteroatoms. The normalized spacial score (nSPS) is 29.9. The van der Waals surface area contributed by atoms with Crippen molar-refractivity contribution < 1.29 is 67.4 Å². The van der Waals surface area contributed by atoms with Gasteiger partial charge in [-0.1, -0.05) is 49.0 Å². The van der Waals surface area contributed by atoms with Crippen LogP contribution in [0.25, 0.3) is 0 Å². The van der Waals surface area contributed by atoms with Crippen molar-refractivity contribution >= 4 is 35.6 Å². The van der Waals surface area contributed by atoms with Crippen molar-refractivity contribution in [2.24, 2.45) is 5.92 Å². The van der Waals surface area contributed by atoms with Gasteiger partial charge in [0.2, 0.25) is 5.78 Å². The van der Waals surface area contributed by atoms with Gasteiger partial charge in [-0.25, -0.2) is 24.0 Å². The van der Waals surface area contributed by atoms with E-state index in [0.717, 1.165) is 12.5 Å². The summed E-state index contributed by atoms with van der Waals surface area (Å²) >= 11 is 0. The number of rotatable bonds is 7. The van der Waals surface area contributed by atoms with Crippen LogP contribution in [0.4, 0.5) is 0 Å². The van der Waals surface area contributed by atoms with Crippen molar-refractivity contribution in [2.45, 2.75) is 82.1 Å². The van der Waals surface area contributed by atoms with Gasteiger partial charge in [0.05, 0.1) is 0 Å². The molecule has 262 valence electrons. The van der Waals surface area contributed by atoms with Gasteiger partial charge in [0, 0.05) is 50.4 Å². The van der Waals surface area contributed by atoms with Crippen LogP contribution in [0.15, 0.2) is 83.4 Å². The topological polar surface area (TPSA) is 198 Å². The van der Waals surface area contributed by atoms with Gasteiger partial charge in [-0.15, -0.1) is 0 Å². The molecule has 5 rings (SSSR count). The fourth-order valence-electron chi connectivity index (χ4n) is 6.22. The first-order valence-corrected chi connectivity index (χ1v) is 16.0. The lowest BCUT2D eigenvalue weighted by Crippen LogP contribution is -2.56. The van der Waals surface area contributed by atoms with Gasteiger partial charge in [-0.3, -0.25) is 4.79 Å². The molecule has 0 bridgehead atoms. The monoisotopic (exact) mass is 690 g/mol. The molecular formula is C36H34O14. The van der Waals surface area contributed by atoms with Gasteiger partial charge in [0.15, 0.2) is 0 Å². The molecule has 50 heavy (non-hydrogen) atoms. The second-order valence-corrected chi connectivity index (χ2v) is 12.0. The fraction of sp³-hybridized carbons (Fsp3) is 0.389. The molecule has 2 unspecified atom stereocenters. The quantitative estimate of drug-likeness (QED) is 0.0977. The molecule has 0 aromatic carbocycles. The van der Waals surface area contributed by atoms with Gasteiger partial charge in [-0.2, -0.15) is 0 Å². The number of allylic oxidation sites excluding steroid dienone is 9. The highest BCUT2D eigenvalue weighted by Gasteiger charge is 2.57. The Labute approximate surface area is 286 Å². The Hall–Kier alpha value is -5.84. The molecule has 4 fully saturated rings. The summed E-state index contributed by atoms with van der Waals surface area (Å²) in [7, 11) is 0. The number of hydrogen-bond acceptors (Lipinski definition) is 14. The number of hydrogen-bond donors (Lipinski definition) is 2. The fourth-order valence-corrected chi connectivity index (χ4v) is 6.22. The second-order valence-electron chi connectivity index (χ2n) is 12.0. The van der Waals surface area contributed by atoms with Crippen molar-refractivity contribution in [1.29, 1.82) is 0 Å². The standard InChI is InChI=1S/C36H34O14/c1-2-3-4-6-12-25-28(39)45-34(46-29(25)40)17-19-35(20-18-34)47-30(41)26(31(42)48-35)13-7-5-8-14-27-32(43)49-36(50-33(27)44)16-10-9-11-23(36)22-24(38)15-21-37/h2-8,12-14,23,37,43H,9-11,16-20,22H2,1H3/b3-2+,6-4+,7-5?,14-8?,25-12?,26-13?. The molecule has 14 nitrogen and oxygen atoms in total. The molecule has 2 saturated carbocycles. The Morgan fingerprint density at radius 2 is 1.26 bits per heavy atom. The number of aliphatic hydroxyl groups is 2. The predicted octanol–water partition coefficient (Wildman–Crippen LogP) is 3.77. The van der Waals surface area contributed by atoms with Crippen molar-refractivity contribution in [2.75, 3.05) is 0 Å². The van der Waals surface area contributed by atoms with E-state index < -0.39 is 70.4 Å². The van der Waals surface area contributed by atoms with Crippen LogP contribution < -0.4 is 0 Å². The molecule has 2 atom stereocenters. The zero-order valence-corrected chi connectivity index (χ0v) is 27.0. The Morgan fingerprint density at radius 1 is 0.720 bits per heavy atom. The van der Waals surface area contributed by atoms with Crippen molar-refractivity contribution in [3.63, 3.8) is 0 Å². The van der Waals surface area contributed by atoms with E-state index in [9.17, 15) is 33.9 Å². The molecule has 0 aromatic rings. The molecule has 0 amide bonds. The summed E-state index contributed by atoms with van der Waals surface area (Å²) < 4.78 is 33.2. The number of Topliss-reactive ketones (excluding diaryl/α,β-unsaturated/α-hetero) is 1. The number of esters is 5. The van der Waals surface area contributed by atoms with Crippen LogP contribution in [0.3, 0.4) is 0 Å². The summed E-state index contributed by atoms with van der Waals surface area (Å²) in [4.78, 5) is 75.6. The summed E-state index contributed by atoms with van der Waals surface area (Å²) in [6.07, 6.45) is 17.4. The average molecular weight is 691 g/mol. The molecule has 2 aliphatic carbocycles. The molecule has 3 aliphatic heterocycles. The molecule has 5 aliphatic rings. The van der Waals surface area contributed by atoms with Gasteiger partial charge in [-0.05, 0) is 38.0 Å². The number of carbonyl (C=O) groups is 6. The van der Waals surface area contributed by atoms with E-state index in [0.29, 0.717) is 12.8 Å². The Kier molecular flexibility index (Phi) is 10.5. The number of aliphatic hydroxyl groups excluding tert-OH is 2. The molecule has 2 saturated heterocycles. The average Bonchev–Trinajstić information content (AvgIpc) is 3.05. The van der Waals surface area contributed by atoms with Crippen LogP contribution >= 0.6 is 0 Å². The Balaban J connectivity index is 1.17. The van der Waals surface area contributed by atoms with Crippen LogP contribution in [0, 0.1) is 17.9 Å². The maximum Gasteiger partial charge on any atom is 0.348 e. The highest BCUT2D eigenvalue weighted by Crippen LogP contribution is 2.46.